The van der Waals surface area contributed by atoms with Gasteiger partial charge in [0.1, 0.15) is 0 Å². The van der Waals surface area contributed by atoms with Gasteiger partial charge in [-0.15, -0.1) is 0 Å². The molecule has 1 N–H and O–H groups in total. The number of esters is 1. The normalized spacial score (nSPS) is 20.9. The monoisotopic (exact) mass is 550 g/mol. The molecule has 0 spiro atoms. The van der Waals surface area contributed by atoms with Crippen LogP contribution in [0.4, 0.5) is 0 Å². The van der Waals surface area contributed by atoms with Crippen LogP contribution in [0.5, 0.6) is 28.7 Å². The summed E-state index contributed by atoms with van der Waals surface area (Å²) in [7, 11) is 4.62. The van der Waals surface area contributed by atoms with Crippen molar-refractivity contribution in [1.29, 1.82) is 0 Å². The van der Waals surface area contributed by atoms with Gasteiger partial charge in [-0.2, -0.15) is 0 Å². The summed E-state index contributed by atoms with van der Waals surface area (Å²) in [5.74, 6) is 0.0224. The molecule has 0 amide bonds. The molecule has 0 aromatic heterocycles. The molecule has 212 valence electrons. The number of fused-ring (bicyclic) bond motifs is 2. The topological polar surface area (TPSA) is 102 Å². The second-order valence-electron chi connectivity index (χ2n) is 9.66. The smallest absolute Gasteiger partial charge is 0.310 e. The molecular weight excluding hydrogens is 516 g/mol. The van der Waals surface area contributed by atoms with E-state index in [9.17, 15) is 9.90 Å². The summed E-state index contributed by atoms with van der Waals surface area (Å²) in [5, 5.41) is 11.7. The first-order chi connectivity index (χ1) is 19.5. The molecule has 0 saturated heterocycles. The van der Waals surface area contributed by atoms with Crippen LogP contribution in [-0.4, -0.2) is 52.4 Å². The van der Waals surface area contributed by atoms with Crippen LogP contribution < -0.4 is 23.7 Å². The van der Waals surface area contributed by atoms with Crippen molar-refractivity contribution < 1.29 is 43.1 Å². The maximum absolute atomic E-state index is 13.7. The molecule has 0 fully saturated rings. The van der Waals surface area contributed by atoms with E-state index in [1.54, 1.807) is 27.2 Å². The van der Waals surface area contributed by atoms with Crippen LogP contribution in [0.1, 0.15) is 41.2 Å². The minimum atomic E-state index is -1.02. The summed E-state index contributed by atoms with van der Waals surface area (Å²) in [6.45, 7) is 2.49. The number of rotatable bonds is 10. The number of aliphatic hydroxyl groups is 1. The van der Waals surface area contributed by atoms with Crippen molar-refractivity contribution >= 4 is 5.97 Å². The van der Waals surface area contributed by atoms with Crippen LogP contribution in [0.15, 0.2) is 54.6 Å². The second kappa shape index (κ2) is 12.1. The summed E-state index contributed by atoms with van der Waals surface area (Å²) < 4.78 is 39.8. The quantitative estimate of drug-likeness (QED) is 0.362. The first kappa shape index (κ1) is 27.6. The highest BCUT2D eigenvalue weighted by molar-refractivity contribution is 5.77. The van der Waals surface area contributed by atoms with Gasteiger partial charge in [-0.25, -0.2) is 0 Å². The summed E-state index contributed by atoms with van der Waals surface area (Å²) >= 11 is 0. The lowest BCUT2D eigenvalue weighted by atomic mass is 9.65. The average molecular weight is 551 g/mol. The number of benzene rings is 3. The standard InChI is InChI=1S/C31H34O9/c1-5-38-31(33)28-22(16-37-15-18-9-7-6-8-10-18)29(32)21-14-24-23(39-17-40-24)13-20(21)27(28)19-11-25(34-2)30(36-4)26(12-19)35-3/h6-14,22,27-29,32H,5,15-17H2,1-4H3/t22-,27+,28-,29-/m0/s1. The summed E-state index contributed by atoms with van der Waals surface area (Å²) in [5.41, 5.74) is 3.08. The number of ether oxygens (including phenoxy) is 7. The third-order valence-electron chi connectivity index (χ3n) is 7.48. The Labute approximate surface area is 233 Å². The Bertz CT molecular complexity index is 1320. The summed E-state index contributed by atoms with van der Waals surface area (Å²) in [6, 6.07) is 17.0. The van der Waals surface area contributed by atoms with E-state index in [-0.39, 0.29) is 20.0 Å². The lowest BCUT2D eigenvalue weighted by Gasteiger charge is -2.41. The molecule has 40 heavy (non-hydrogen) atoms. The van der Waals surface area contributed by atoms with Crippen molar-refractivity contribution in [1.82, 2.24) is 0 Å². The van der Waals surface area contributed by atoms with Gasteiger partial charge < -0.3 is 38.3 Å². The Morgan fingerprint density at radius 1 is 0.925 bits per heavy atom. The van der Waals surface area contributed by atoms with Crippen LogP contribution in [0, 0.1) is 11.8 Å². The van der Waals surface area contributed by atoms with E-state index in [4.69, 9.17) is 33.2 Å². The number of hydrogen-bond donors (Lipinski definition) is 1. The van der Waals surface area contributed by atoms with E-state index >= 15 is 0 Å². The molecule has 5 rings (SSSR count). The fourth-order valence-electron chi connectivity index (χ4n) is 5.67. The number of aliphatic hydroxyl groups excluding tert-OH is 1. The average Bonchev–Trinajstić information content (AvgIpc) is 3.44. The van der Waals surface area contributed by atoms with Gasteiger partial charge in [0.05, 0.1) is 53.2 Å². The van der Waals surface area contributed by atoms with Gasteiger partial charge in [0.15, 0.2) is 23.0 Å². The van der Waals surface area contributed by atoms with Crippen molar-refractivity contribution in [3.05, 3.63) is 76.9 Å². The van der Waals surface area contributed by atoms with E-state index in [1.165, 1.54) is 7.11 Å². The molecule has 2 aliphatic rings. The van der Waals surface area contributed by atoms with Gasteiger partial charge in [-0.05, 0) is 53.4 Å². The lowest BCUT2D eigenvalue weighted by molar-refractivity contribution is -0.155. The van der Waals surface area contributed by atoms with Crippen molar-refractivity contribution in [3.8, 4) is 28.7 Å². The second-order valence-corrected chi connectivity index (χ2v) is 9.66. The molecule has 0 saturated carbocycles. The SMILES string of the molecule is CCOC(=O)[C@@H]1[C@H](c2cc(OC)c(OC)c(OC)c2)c2cc3c(cc2[C@H](O)[C@H]1COCc1ccccc1)OCO3. The first-order valence-electron chi connectivity index (χ1n) is 13.2. The van der Waals surface area contributed by atoms with E-state index < -0.39 is 29.8 Å². The van der Waals surface area contributed by atoms with Gasteiger partial charge in [0.2, 0.25) is 12.5 Å². The molecular formula is C31H34O9. The highest BCUT2D eigenvalue weighted by atomic mass is 16.7. The van der Waals surface area contributed by atoms with Crippen LogP contribution >= 0.6 is 0 Å². The molecule has 1 aliphatic carbocycles. The zero-order chi connectivity index (χ0) is 28.2. The molecule has 1 heterocycles. The highest BCUT2D eigenvalue weighted by Crippen LogP contribution is 2.54. The Morgan fingerprint density at radius 2 is 1.57 bits per heavy atom. The minimum absolute atomic E-state index is 0.0775. The van der Waals surface area contributed by atoms with Crippen LogP contribution in [-0.2, 0) is 20.9 Å². The molecule has 0 radical (unpaired) electrons. The van der Waals surface area contributed by atoms with E-state index in [1.807, 2.05) is 48.5 Å². The Hall–Kier alpha value is -3.95. The van der Waals surface area contributed by atoms with E-state index in [2.05, 4.69) is 0 Å². The molecule has 9 heteroatoms. The lowest BCUT2D eigenvalue weighted by Crippen LogP contribution is -2.41. The molecule has 0 bridgehead atoms. The fourth-order valence-corrected chi connectivity index (χ4v) is 5.67. The third-order valence-corrected chi connectivity index (χ3v) is 7.48. The van der Waals surface area contributed by atoms with Gasteiger partial charge >= 0.3 is 5.97 Å². The number of carbonyl (C=O) groups excluding carboxylic acids is 1. The Kier molecular flexibility index (Phi) is 8.32. The van der Waals surface area contributed by atoms with Crippen LogP contribution in [0.2, 0.25) is 0 Å². The van der Waals surface area contributed by atoms with E-state index in [0.717, 1.165) is 16.7 Å². The zero-order valence-corrected chi connectivity index (χ0v) is 23.0. The molecule has 3 aromatic carbocycles. The first-order valence-corrected chi connectivity index (χ1v) is 13.2. The van der Waals surface area contributed by atoms with Gasteiger partial charge in [-0.3, -0.25) is 4.79 Å². The number of methoxy groups -OCH3 is 3. The molecule has 0 unspecified atom stereocenters. The fraction of sp³-hybridized carbons (Fsp3) is 0.387. The number of carbonyl (C=O) groups is 1. The molecule has 9 nitrogen and oxygen atoms in total. The Morgan fingerprint density at radius 3 is 2.17 bits per heavy atom. The van der Waals surface area contributed by atoms with E-state index in [0.29, 0.717) is 40.9 Å². The van der Waals surface area contributed by atoms with Gasteiger partial charge in [0.25, 0.3) is 0 Å². The van der Waals surface area contributed by atoms with Crippen LogP contribution in [0.25, 0.3) is 0 Å². The van der Waals surface area contributed by atoms with Crippen molar-refractivity contribution in [2.45, 2.75) is 25.6 Å². The molecule has 3 aromatic rings. The van der Waals surface area contributed by atoms with Crippen molar-refractivity contribution in [3.63, 3.8) is 0 Å². The predicted molar refractivity (Wildman–Crippen MR) is 145 cm³/mol. The van der Waals surface area contributed by atoms with Gasteiger partial charge in [-0.1, -0.05) is 30.3 Å². The molecule has 1 aliphatic heterocycles. The summed E-state index contributed by atoms with van der Waals surface area (Å²) in [4.78, 5) is 13.7. The Balaban J connectivity index is 1.64. The summed E-state index contributed by atoms with van der Waals surface area (Å²) in [6.07, 6.45) is -1.02. The molecule has 4 atom stereocenters. The largest absolute Gasteiger partial charge is 0.493 e. The zero-order valence-electron chi connectivity index (χ0n) is 23.0. The maximum atomic E-state index is 13.7. The van der Waals surface area contributed by atoms with Gasteiger partial charge in [0, 0.05) is 11.8 Å². The predicted octanol–water partition coefficient (Wildman–Crippen LogP) is 4.63. The van der Waals surface area contributed by atoms with Crippen LogP contribution in [0.3, 0.4) is 0 Å². The van der Waals surface area contributed by atoms with Crippen molar-refractivity contribution in [2.75, 3.05) is 41.3 Å². The van der Waals surface area contributed by atoms with Crippen molar-refractivity contribution in [2.24, 2.45) is 11.8 Å². The third kappa shape index (κ3) is 5.14. The highest BCUT2D eigenvalue weighted by Gasteiger charge is 2.48. The minimum Gasteiger partial charge on any atom is -0.493 e. The maximum Gasteiger partial charge on any atom is 0.310 e. The number of hydrogen-bond acceptors (Lipinski definition) is 9.